The highest BCUT2D eigenvalue weighted by molar-refractivity contribution is 6.43. The van der Waals surface area contributed by atoms with Gasteiger partial charge in [-0.2, -0.15) is 0 Å². The average molecular weight is 280 g/mol. The van der Waals surface area contributed by atoms with Crippen LogP contribution in [0, 0.1) is 0 Å². The van der Waals surface area contributed by atoms with Gasteiger partial charge in [-0.25, -0.2) is 4.79 Å². The molecule has 0 atom stereocenters. The Kier molecular flexibility index (Phi) is 6.02. The molecule has 7 heteroatoms. The summed E-state index contributed by atoms with van der Waals surface area (Å²) in [6.07, 6.45) is 0. The van der Waals surface area contributed by atoms with E-state index in [4.69, 9.17) is 9.94 Å². The highest BCUT2D eigenvalue weighted by Gasteiger charge is 2.19. The molecular formula is C13H16N2O5. The molecule has 1 N–H and O–H groups in total. The van der Waals surface area contributed by atoms with Gasteiger partial charge in [-0.1, -0.05) is 34.6 Å². The summed E-state index contributed by atoms with van der Waals surface area (Å²) in [7, 11) is 2.60. The van der Waals surface area contributed by atoms with Crippen LogP contribution in [0.2, 0.25) is 0 Å². The molecule has 0 spiro atoms. The number of carbonyl (C=O) groups is 1. The molecule has 0 saturated carbocycles. The third-order valence-electron chi connectivity index (χ3n) is 2.41. The Morgan fingerprint density at radius 1 is 1.30 bits per heavy atom. The number of ether oxygens (including phenoxy) is 2. The Morgan fingerprint density at radius 3 is 2.60 bits per heavy atom. The summed E-state index contributed by atoms with van der Waals surface area (Å²) in [6, 6.07) is 6.99. The number of oxime groups is 2. The zero-order chi connectivity index (χ0) is 15.0. The minimum absolute atomic E-state index is 0.0350. The predicted molar refractivity (Wildman–Crippen MR) is 71.7 cm³/mol. The third-order valence-corrected chi connectivity index (χ3v) is 2.41. The highest BCUT2D eigenvalue weighted by Crippen LogP contribution is 2.13. The second-order valence-corrected chi connectivity index (χ2v) is 3.68. The second kappa shape index (κ2) is 7.78. The molecule has 0 amide bonds. The molecule has 1 aromatic rings. The molecule has 0 heterocycles. The molecule has 0 aliphatic heterocycles. The molecule has 0 fully saturated rings. The van der Waals surface area contributed by atoms with Crippen molar-refractivity contribution in [2.24, 2.45) is 10.3 Å². The number of benzene rings is 1. The van der Waals surface area contributed by atoms with Gasteiger partial charge >= 0.3 is 5.97 Å². The van der Waals surface area contributed by atoms with E-state index < -0.39 is 5.97 Å². The lowest BCUT2D eigenvalue weighted by Crippen LogP contribution is -2.19. The van der Waals surface area contributed by atoms with E-state index >= 15 is 0 Å². The topological polar surface area (TPSA) is 89.7 Å². The summed E-state index contributed by atoms with van der Waals surface area (Å²) in [4.78, 5) is 16.4. The molecule has 0 saturated heterocycles. The van der Waals surface area contributed by atoms with Gasteiger partial charge in [0.25, 0.3) is 0 Å². The zero-order valence-corrected chi connectivity index (χ0v) is 11.5. The largest absolute Gasteiger partial charge is 0.474 e. The van der Waals surface area contributed by atoms with E-state index in [0.717, 1.165) is 0 Å². The molecule has 0 aromatic heterocycles. The van der Waals surface area contributed by atoms with Crippen LogP contribution >= 0.6 is 0 Å². The van der Waals surface area contributed by atoms with E-state index in [0.29, 0.717) is 11.1 Å². The summed E-state index contributed by atoms with van der Waals surface area (Å²) in [5.41, 5.74) is 1.23. The summed E-state index contributed by atoms with van der Waals surface area (Å²) >= 11 is 0. The van der Waals surface area contributed by atoms with Gasteiger partial charge in [0.1, 0.15) is 13.7 Å². The van der Waals surface area contributed by atoms with Crippen molar-refractivity contribution in [2.45, 2.75) is 13.5 Å². The number of esters is 1. The fourth-order valence-corrected chi connectivity index (χ4v) is 1.47. The zero-order valence-electron chi connectivity index (χ0n) is 11.5. The summed E-state index contributed by atoms with van der Waals surface area (Å²) < 4.78 is 9.88. The lowest BCUT2D eigenvalue weighted by Gasteiger charge is -2.10. The predicted octanol–water partition coefficient (Wildman–Crippen LogP) is 1.53. The monoisotopic (exact) mass is 280 g/mol. The van der Waals surface area contributed by atoms with Crippen molar-refractivity contribution in [1.82, 2.24) is 0 Å². The first-order valence-corrected chi connectivity index (χ1v) is 5.73. The molecule has 0 aliphatic rings. The SMILES string of the molecule is CO/N=C(/C(=O)OC)c1ccccc1CO/C(C)=N/O. The minimum atomic E-state index is -0.619. The van der Waals surface area contributed by atoms with E-state index in [9.17, 15) is 4.79 Å². The fraction of sp³-hybridized carbons (Fsp3) is 0.308. The number of hydrogen-bond donors (Lipinski definition) is 1. The molecule has 1 rings (SSSR count). The van der Waals surface area contributed by atoms with E-state index in [1.807, 2.05) is 0 Å². The standard InChI is InChI=1S/C13H16N2O5/c1-9(14-17)20-8-10-6-4-5-7-11(10)12(15-19-3)13(16)18-2/h4-7,17H,8H2,1-3H3/b14-9+,15-12+. The van der Waals surface area contributed by atoms with Crippen LogP contribution in [-0.4, -0.2) is 37.0 Å². The minimum Gasteiger partial charge on any atom is -0.474 e. The van der Waals surface area contributed by atoms with Gasteiger partial charge in [0.2, 0.25) is 5.90 Å². The van der Waals surface area contributed by atoms with Gasteiger partial charge in [0, 0.05) is 12.5 Å². The van der Waals surface area contributed by atoms with Crippen LogP contribution in [0.4, 0.5) is 0 Å². The van der Waals surface area contributed by atoms with Crippen LogP contribution in [0.3, 0.4) is 0 Å². The summed E-state index contributed by atoms with van der Waals surface area (Å²) in [5.74, 6) is -0.505. The summed E-state index contributed by atoms with van der Waals surface area (Å²) in [6.45, 7) is 1.62. The third kappa shape index (κ3) is 3.98. The van der Waals surface area contributed by atoms with Crippen molar-refractivity contribution in [1.29, 1.82) is 0 Å². The molecule has 1 aromatic carbocycles. The van der Waals surface area contributed by atoms with Gasteiger partial charge in [0.05, 0.1) is 7.11 Å². The summed E-state index contributed by atoms with van der Waals surface area (Å²) in [5, 5.41) is 15.1. The van der Waals surface area contributed by atoms with Crippen LogP contribution in [0.1, 0.15) is 18.1 Å². The number of methoxy groups -OCH3 is 1. The van der Waals surface area contributed by atoms with Crippen molar-refractivity contribution in [3.63, 3.8) is 0 Å². The van der Waals surface area contributed by atoms with Crippen molar-refractivity contribution in [3.8, 4) is 0 Å². The number of carbonyl (C=O) groups excluding carboxylic acids is 1. The Balaban J connectivity index is 3.10. The molecule has 108 valence electrons. The van der Waals surface area contributed by atoms with Crippen molar-refractivity contribution < 1.29 is 24.3 Å². The van der Waals surface area contributed by atoms with Crippen LogP contribution < -0.4 is 0 Å². The fourth-order valence-electron chi connectivity index (χ4n) is 1.47. The first kappa shape index (κ1) is 15.5. The van der Waals surface area contributed by atoms with E-state index in [1.54, 1.807) is 24.3 Å². The second-order valence-electron chi connectivity index (χ2n) is 3.68. The van der Waals surface area contributed by atoms with E-state index in [-0.39, 0.29) is 18.2 Å². The molecule has 20 heavy (non-hydrogen) atoms. The van der Waals surface area contributed by atoms with Gasteiger partial charge < -0.3 is 19.5 Å². The van der Waals surface area contributed by atoms with Gasteiger partial charge in [-0.15, -0.1) is 0 Å². The first-order valence-electron chi connectivity index (χ1n) is 5.73. The van der Waals surface area contributed by atoms with Crippen molar-refractivity contribution in [2.75, 3.05) is 14.2 Å². The van der Waals surface area contributed by atoms with Crippen LogP contribution in [0.15, 0.2) is 34.6 Å². The van der Waals surface area contributed by atoms with Gasteiger partial charge in [-0.3, -0.25) is 0 Å². The van der Waals surface area contributed by atoms with Gasteiger partial charge in [-0.05, 0) is 5.56 Å². The van der Waals surface area contributed by atoms with Crippen LogP contribution in [-0.2, 0) is 25.7 Å². The van der Waals surface area contributed by atoms with E-state index in [1.165, 1.54) is 21.1 Å². The lowest BCUT2D eigenvalue weighted by molar-refractivity contribution is -0.132. The Bertz CT molecular complexity index is 525. The van der Waals surface area contributed by atoms with E-state index in [2.05, 4.69) is 19.9 Å². The first-order chi connectivity index (χ1) is 9.63. The van der Waals surface area contributed by atoms with Crippen LogP contribution in [0.5, 0.6) is 0 Å². The molecule has 7 nitrogen and oxygen atoms in total. The maximum atomic E-state index is 11.7. The molecule has 0 radical (unpaired) electrons. The van der Waals surface area contributed by atoms with Crippen LogP contribution in [0.25, 0.3) is 0 Å². The number of hydrogen-bond acceptors (Lipinski definition) is 7. The molecule has 0 unspecified atom stereocenters. The number of nitrogens with zero attached hydrogens (tertiary/aromatic N) is 2. The maximum Gasteiger partial charge on any atom is 0.360 e. The Morgan fingerprint density at radius 2 is 2.00 bits per heavy atom. The maximum absolute atomic E-state index is 11.7. The van der Waals surface area contributed by atoms with Crippen molar-refractivity contribution in [3.05, 3.63) is 35.4 Å². The Labute approximate surface area is 116 Å². The quantitative estimate of drug-likeness (QED) is 0.290. The Hall–Kier alpha value is -2.57. The normalized spacial score (nSPS) is 11.9. The lowest BCUT2D eigenvalue weighted by atomic mass is 10.0. The van der Waals surface area contributed by atoms with Gasteiger partial charge in [0.15, 0.2) is 5.71 Å². The average Bonchev–Trinajstić information content (AvgIpc) is 2.49. The molecule has 0 aliphatic carbocycles. The molecule has 0 bridgehead atoms. The molecular weight excluding hydrogens is 264 g/mol. The smallest absolute Gasteiger partial charge is 0.360 e. The highest BCUT2D eigenvalue weighted by atomic mass is 16.6. The number of rotatable bonds is 5. The van der Waals surface area contributed by atoms with Crippen molar-refractivity contribution >= 4 is 17.6 Å².